The van der Waals surface area contributed by atoms with Crippen molar-refractivity contribution in [3.05, 3.63) is 11.6 Å². The van der Waals surface area contributed by atoms with Gasteiger partial charge >= 0.3 is 5.91 Å². The standard InChI is InChI=1S/C6H6ClNO2/c1-2-6(9)8-10-5-3-4-7/h1,3-4H,5H2,(H,8,9)/b4-3+. The third-order valence-electron chi connectivity index (χ3n) is 0.565. The first-order valence-electron chi connectivity index (χ1n) is 2.45. The van der Waals surface area contributed by atoms with Gasteiger partial charge in [-0.3, -0.25) is 9.63 Å². The van der Waals surface area contributed by atoms with Crippen LogP contribution >= 0.6 is 11.6 Å². The van der Waals surface area contributed by atoms with Crippen LogP contribution in [0.3, 0.4) is 0 Å². The van der Waals surface area contributed by atoms with Gasteiger partial charge in [0.1, 0.15) is 0 Å². The molecular weight excluding hydrogens is 154 g/mol. The molecule has 0 spiro atoms. The van der Waals surface area contributed by atoms with Crippen LogP contribution in [0.15, 0.2) is 11.6 Å². The summed E-state index contributed by atoms with van der Waals surface area (Å²) in [5.41, 5.74) is 3.26. The van der Waals surface area contributed by atoms with E-state index in [1.54, 1.807) is 0 Å². The van der Waals surface area contributed by atoms with E-state index >= 15 is 0 Å². The van der Waals surface area contributed by atoms with Crippen molar-refractivity contribution in [2.75, 3.05) is 6.61 Å². The fraction of sp³-hybridized carbons (Fsp3) is 0.167. The molecule has 4 heteroatoms. The van der Waals surface area contributed by atoms with Gasteiger partial charge in [-0.05, 0) is 12.0 Å². The summed E-state index contributed by atoms with van der Waals surface area (Å²) >= 11 is 5.14. The van der Waals surface area contributed by atoms with E-state index < -0.39 is 5.91 Å². The molecule has 0 aromatic carbocycles. The first kappa shape index (κ1) is 9.02. The fourth-order valence-electron chi connectivity index (χ4n) is 0.221. The number of rotatable bonds is 3. The first-order valence-corrected chi connectivity index (χ1v) is 2.88. The Morgan fingerprint density at radius 3 is 3.10 bits per heavy atom. The zero-order valence-corrected chi connectivity index (χ0v) is 5.89. The molecule has 0 unspecified atom stereocenters. The van der Waals surface area contributed by atoms with Crippen molar-refractivity contribution in [3.63, 3.8) is 0 Å². The minimum atomic E-state index is -0.608. The van der Waals surface area contributed by atoms with E-state index in [0.29, 0.717) is 0 Å². The van der Waals surface area contributed by atoms with Gasteiger partial charge in [-0.15, -0.1) is 6.42 Å². The zero-order valence-electron chi connectivity index (χ0n) is 5.13. The van der Waals surface area contributed by atoms with E-state index in [2.05, 4.69) is 4.84 Å². The normalized spacial score (nSPS) is 9.20. The molecule has 0 bridgehead atoms. The second-order valence-electron chi connectivity index (χ2n) is 1.25. The Bertz CT molecular complexity index is 171. The average molecular weight is 160 g/mol. The van der Waals surface area contributed by atoms with Crippen LogP contribution in [0.1, 0.15) is 0 Å². The molecule has 10 heavy (non-hydrogen) atoms. The number of halogens is 1. The van der Waals surface area contributed by atoms with Gasteiger partial charge in [0.2, 0.25) is 0 Å². The SMILES string of the molecule is C#CC(=O)NOC/C=C/Cl. The highest BCUT2D eigenvalue weighted by atomic mass is 35.5. The van der Waals surface area contributed by atoms with E-state index in [0.717, 1.165) is 0 Å². The van der Waals surface area contributed by atoms with E-state index in [1.165, 1.54) is 11.6 Å². The van der Waals surface area contributed by atoms with E-state index in [-0.39, 0.29) is 6.61 Å². The van der Waals surface area contributed by atoms with Crippen LogP contribution in [0.2, 0.25) is 0 Å². The van der Waals surface area contributed by atoms with Gasteiger partial charge < -0.3 is 0 Å². The van der Waals surface area contributed by atoms with Crippen LogP contribution in [0.25, 0.3) is 0 Å². The lowest BCUT2D eigenvalue weighted by molar-refractivity contribution is -0.126. The minimum absolute atomic E-state index is 0.205. The molecule has 0 aliphatic heterocycles. The van der Waals surface area contributed by atoms with E-state index in [4.69, 9.17) is 18.0 Å². The second kappa shape index (κ2) is 6.14. The van der Waals surface area contributed by atoms with E-state index in [9.17, 15) is 4.79 Å². The quantitative estimate of drug-likeness (QED) is 0.368. The highest BCUT2D eigenvalue weighted by Crippen LogP contribution is 1.77. The van der Waals surface area contributed by atoms with Crippen LogP contribution in [0.5, 0.6) is 0 Å². The molecule has 0 aliphatic rings. The summed E-state index contributed by atoms with van der Waals surface area (Å²) in [6.45, 7) is 0.205. The van der Waals surface area contributed by atoms with Crippen LogP contribution in [0, 0.1) is 12.3 Å². The summed E-state index contributed by atoms with van der Waals surface area (Å²) in [5.74, 6) is 1.20. The molecule has 0 aromatic rings. The van der Waals surface area contributed by atoms with Crippen molar-refractivity contribution in [2.24, 2.45) is 0 Å². The molecule has 0 radical (unpaired) electrons. The lowest BCUT2D eigenvalue weighted by Gasteiger charge is -1.95. The first-order chi connectivity index (χ1) is 4.81. The highest BCUT2D eigenvalue weighted by molar-refractivity contribution is 6.25. The molecule has 0 fully saturated rings. The summed E-state index contributed by atoms with van der Waals surface area (Å²) in [6.07, 6.45) is 6.21. The van der Waals surface area contributed by atoms with Gasteiger partial charge in [-0.1, -0.05) is 11.6 Å². The van der Waals surface area contributed by atoms with Crippen molar-refractivity contribution in [2.45, 2.75) is 0 Å². The molecule has 0 aliphatic carbocycles. The topological polar surface area (TPSA) is 38.3 Å². The molecule has 0 atom stereocenters. The summed E-state index contributed by atoms with van der Waals surface area (Å²) in [6, 6.07) is 0. The fourth-order valence-corrected chi connectivity index (χ4v) is 0.294. The average Bonchev–Trinajstić information content (AvgIpc) is 1.98. The van der Waals surface area contributed by atoms with Gasteiger partial charge in [0.15, 0.2) is 0 Å². The maximum absolute atomic E-state index is 10.2. The summed E-state index contributed by atoms with van der Waals surface area (Å²) in [7, 11) is 0. The van der Waals surface area contributed by atoms with Gasteiger partial charge in [-0.2, -0.15) is 0 Å². The van der Waals surface area contributed by atoms with Gasteiger partial charge in [0.25, 0.3) is 0 Å². The van der Waals surface area contributed by atoms with Crippen molar-refractivity contribution < 1.29 is 9.63 Å². The van der Waals surface area contributed by atoms with Crippen molar-refractivity contribution in [1.29, 1.82) is 0 Å². The Morgan fingerprint density at radius 1 is 1.90 bits per heavy atom. The molecule has 1 N–H and O–H groups in total. The molecule has 1 amide bonds. The Kier molecular flexibility index (Phi) is 5.54. The molecule has 0 saturated heterocycles. The second-order valence-corrected chi connectivity index (χ2v) is 1.50. The smallest absolute Gasteiger partial charge is 0.269 e. The molecule has 54 valence electrons. The molecule has 0 aromatic heterocycles. The Hall–Kier alpha value is -0.980. The number of hydrogen-bond acceptors (Lipinski definition) is 2. The monoisotopic (exact) mass is 159 g/mol. The van der Waals surface area contributed by atoms with Crippen LogP contribution in [0.4, 0.5) is 0 Å². The number of carbonyl (C=O) groups excluding carboxylic acids is 1. The predicted octanol–water partition coefficient (Wildman–Crippen LogP) is 0.420. The zero-order chi connectivity index (χ0) is 7.82. The lowest BCUT2D eigenvalue weighted by Crippen LogP contribution is -2.21. The number of terminal acetylenes is 1. The van der Waals surface area contributed by atoms with Crippen LogP contribution < -0.4 is 5.48 Å². The van der Waals surface area contributed by atoms with Gasteiger partial charge in [0, 0.05) is 5.54 Å². The van der Waals surface area contributed by atoms with Crippen LogP contribution in [-0.2, 0) is 9.63 Å². The predicted molar refractivity (Wildman–Crippen MR) is 37.9 cm³/mol. The Morgan fingerprint density at radius 2 is 2.60 bits per heavy atom. The lowest BCUT2D eigenvalue weighted by atomic mass is 10.7. The molecular formula is C6H6ClNO2. The number of hydroxylamine groups is 1. The number of hydrogen-bond donors (Lipinski definition) is 1. The third kappa shape index (κ3) is 5.16. The Balaban J connectivity index is 3.22. The number of nitrogens with one attached hydrogen (secondary N) is 1. The van der Waals surface area contributed by atoms with Crippen LogP contribution in [-0.4, -0.2) is 12.5 Å². The van der Waals surface area contributed by atoms with Crippen molar-refractivity contribution in [3.8, 4) is 12.3 Å². The highest BCUT2D eigenvalue weighted by Gasteiger charge is 1.89. The molecule has 0 saturated carbocycles. The van der Waals surface area contributed by atoms with E-state index in [1.807, 2.05) is 11.4 Å². The number of carbonyl (C=O) groups is 1. The maximum atomic E-state index is 10.2. The largest absolute Gasteiger partial charge is 0.319 e. The summed E-state index contributed by atoms with van der Waals surface area (Å²) in [5, 5.41) is 0. The molecule has 0 heterocycles. The van der Waals surface area contributed by atoms with Gasteiger partial charge in [0.05, 0.1) is 6.61 Å². The number of amides is 1. The Labute approximate surface area is 64.0 Å². The van der Waals surface area contributed by atoms with Crippen molar-refractivity contribution in [1.82, 2.24) is 5.48 Å². The third-order valence-corrected chi connectivity index (χ3v) is 0.743. The summed E-state index contributed by atoms with van der Waals surface area (Å²) < 4.78 is 0. The minimum Gasteiger partial charge on any atom is -0.269 e. The molecule has 3 nitrogen and oxygen atoms in total. The van der Waals surface area contributed by atoms with Crippen molar-refractivity contribution >= 4 is 17.5 Å². The molecule has 0 rings (SSSR count). The van der Waals surface area contributed by atoms with Gasteiger partial charge in [-0.25, -0.2) is 5.48 Å². The maximum Gasteiger partial charge on any atom is 0.319 e. The summed E-state index contributed by atoms with van der Waals surface area (Å²) in [4.78, 5) is 14.8.